The third-order valence-electron chi connectivity index (χ3n) is 11.8. The molecule has 0 radical (unpaired) electrons. The summed E-state index contributed by atoms with van der Waals surface area (Å²) in [4.78, 5) is 10.4. The average Bonchev–Trinajstić information content (AvgIpc) is 3.84. The van der Waals surface area contributed by atoms with E-state index in [1.807, 2.05) is 42.6 Å². The van der Waals surface area contributed by atoms with E-state index in [0.29, 0.717) is 17.0 Å². The van der Waals surface area contributed by atoms with Crippen molar-refractivity contribution in [2.24, 2.45) is 0 Å². The Balaban J connectivity index is 0.00000490. The van der Waals surface area contributed by atoms with Crippen LogP contribution in [0.15, 0.2) is 168 Å². The molecule has 10 rings (SSSR count). The number of hydrogen-bond donors (Lipinski definition) is 1. The van der Waals surface area contributed by atoms with Crippen molar-refractivity contribution in [3.05, 3.63) is 181 Å². The summed E-state index contributed by atoms with van der Waals surface area (Å²) in [7, 11) is 0. The van der Waals surface area contributed by atoms with Gasteiger partial charge in [-0.05, 0) is 69.5 Å². The van der Waals surface area contributed by atoms with Crippen LogP contribution < -0.4 is 0 Å². The second-order valence-electron chi connectivity index (χ2n) is 18.0. The van der Waals surface area contributed by atoms with Crippen molar-refractivity contribution in [3.63, 3.8) is 0 Å². The number of nitrogens with zero attached hydrogens (tertiary/aromatic N) is 3. The Hall–Kier alpha value is -6.55. The van der Waals surface area contributed by atoms with E-state index in [1.54, 1.807) is 6.07 Å². The largest absolute Gasteiger partial charge is 0.507 e. The van der Waals surface area contributed by atoms with Gasteiger partial charge < -0.3 is 9.52 Å². The molecule has 62 heavy (non-hydrogen) atoms. The SMILES string of the molecule is CC(C)(C)c1ccc(-c2ccnc(-c3[c-]c(-c4cccc5c4nc(-c4cc6oc7ccccc7c6cc4O)n5-c4ccccc4-c4ccccc4)cc(C(C)(C)C)c3)c2)cc1.[Pt]. The molecule has 0 atom stereocenters. The van der Waals surface area contributed by atoms with Crippen LogP contribution >= 0.6 is 0 Å². The standard InChI is InChI=1S/C56H46N3O2.Pt/c1-55(2,3)40-25-23-35(24-26-40)37-27-28-57-47(32-37)39-29-38(30-41(31-39)56(4,5)6)43-19-14-21-49-53(43)58-54(59(49)48-20-12-10-17-42(48)36-15-8-7-9-16-36)46-34-52-45(33-50(46)60)44-18-11-13-22-51(44)61-52;/h7-28,30-34,60H,1-6H3;/q-1;. The first-order chi connectivity index (χ1) is 29.4. The monoisotopic (exact) mass is 987 g/mol. The Morgan fingerprint density at radius 3 is 2.02 bits per heavy atom. The van der Waals surface area contributed by atoms with Crippen molar-refractivity contribution in [3.8, 4) is 67.5 Å². The third kappa shape index (κ3) is 7.35. The third-order valence-corrected chi connectivity index (χ3v) is 11.8. The quantitative estimate of drug-likeness (QED) is 0.169. The molecule has 0 aliphatic rings. The second-order valence-corrected chi connectivity index (χ2v) is 18.0. The molecule has 0 saturated heterocycles. The number of furan rings is 1. The van der Waals surface area contributed by atoms with E-state index in [4.69, 9.17) is 14.4 Å². The van der Waals surface area contributed by atoms with Crippen LogP contribution in [0.3, 0.4) is 0 Å². The summed E-state index contributed by atoms with van der Waals surface area (Å²) in [6, 6.07) is 58.1. The van der Waals surface area contributed by atoms with E-state index in [0.717, 1.165) is 83.3 Å². The van der Waals surface area contributed by atoms with Crippen molar-refractivity contribution in [1.29, 1.82) is 0 Å². The molecule has 0 spiro atoms. The summed E-state index contributed by atoms with van der Waals surface area (Å²) in [6.45, 7) is 13.4. The van der Waals surface area contributed by atoms with Crippen molar-refractivity contribution in [2.75, 3.05) is 0 Å². The van der Waals surface area contributed by atoms with Crippen molar-refractivity contribution >= 4 is 33.0 Å². The maximum absolute atomic E-state index is 11.9. The fraction of sp³-hybridized carbons (Fsp3) is 0.143. The predicted octanol–water partition coefficient (Wildman–Crippen LogP) is 14.8. The van der Waals surface area contributed by atoms with Gasteiger partial charge in [0.1, 0.15) is 22.7 Å². The Morgan fingerprint density at radius 1 is 0.548 bits per heavy atom. The summed E-state index contributed by atoms with van der Waals surface area (Å²) >= 11 is 0. The molecular formula is C56H46N3O2Pt-. The molecule has 0 fully saturated rings. The fourth-order valence-electron chi connectivity index (χ4n) is 8.42. The molecule has 1 N–H and O–H groups in total. The number of aromatic hydroxyl groups is 1. The van der Waals surface area contributed by atoms with Gasteiger partial charge in [-0.15, -0.1) is 29.3 Å². The molecule has 3 aromatic heterocycles. The molecule has 0 saturated carbocycles. The number of fused-ring (bicyclic) bond motifs is 4. The zero-order valence-electron chi connectivity index (χ0n) is 35.6. The first-order valence-electron chi connectivity index (χ1n) is 20.9. The van der Waals surface area contributed by atoms with Gasteiger partial charge in [-0.25, -0.2) is 4.98 Å². The van der Waals surface area contributed by atoms with Gasteiger partial charge in [0.05, 0.1) is 22.3 Å². The predicted molar refractivity (Wildman–Crippen MR) is 251 cm³/mol. The summed E-state index contributed by atoms with van der Waals surface area (Å²) < 4.78 is 8.55. The zero-order chi connectivity index (χ0) is 42.0. The van der Waals surface area contributed by atoms with Gasteiger partial charge in [0, 0.05) is 49.3 Å². The second kappa shape index (κ2) is 15.7. The number of rotatable bonds is 6. The first-order valence-corrected chi connectivity index (χ1v) is 20.9. The maximum Gasteiger partial charge on any atom is 0.148 e. The van der Waals surface area contributed by atoms with E-state index in [1.165, 1.54) is 5.56 Å². The fourth-order valence-corrected chi connectivity index (χ4v) is 8.42. The summed E-state index contributed by atoms with van der Waals surface area (Å²) in [5.41, 5.74) is 15.0. The summed E-state index contributed by atoms with van der Waals surface area (Å²) in [6.07, 6.45) is 1.89. The summed E-state index contributed by atoms with van der Waals surface area (Å²) in [5, 5.41) is 13.7. The van der Waals surface area contributed by atoms with Crippen molar-refractivity contribution < 1.29 is 30.6 Å². The van der Waals surface area contributed by atoms with Crippen LogP contribution in [0, 0.1) is 6.07 Å². The number of benzene rings is 7. The van der Waals surface area contributed by atoms with Gasteiger partial charge >= 0.3 is 0 Å². The van der Waals surface area contributed by atoms with Crippen LogP contribution in [0.25, 0.3) is 94.7 Å². The maximum atomic E-state index is 11.9. The smallest absolute Gasteiger partial charge is 0.148 e. The molecule has 5 nitrogen and oxygen atoms in total. The van der Waals surface area contributed by atoms with Gasteiger partial charge in [-0.1, -0.05) is 162 Å². The van der Waals surface area contributed by atoms with Crippen molar-refractivity contribution in [2.45, 2.75) is 52.4 Å². The van der Waals surface area contributed by atoms with E-state index in [2.05, 4.69) is 167 Å². The molecule has 0 aliphatic heterocycles. The molecule has 0 amide bonds. The number of pyridine rings is 1. The van der Waals surface area contributed by atoms with E-state index in [9.17, 15) is 5.11 Å². The van der Waals surface area contributed by atoms with Crippen LogP contribution in [0.2, 0.25) is 0 Å². The molecule has 0 unspecified atom stereocenters. The van der Waals surface area contributed by atoms with Gasteiger partial charge in [0.25, 0.3) is 0 Å². The number of hydrogen-bond acceptors (Lipinski definition) is 4. The first kappa shape index (κ1) is 40.8. The number of imidazole rings is 1. The molecule has 7 aromatic carbocycles. The van der Waals surface area contributed by atoms with Gasteiger partial charge in [0.2, 0.25) is 0 Å². The Bertz CT molecular complexity index is 3270. The molecule has 10 aromatic rings. The number of phenols is 1. The topological polar surface area (TPSA) is 64.1 Å². The minimum absolute atomic E-state index is 0. The van der Waals surface area contributed by atoms with Gasteiger partial charge in [-0.3, -0.25) is 9.55 Å². The normalized spacial score (nSPS) is 12.0. The molecule has 3 heterocycles. The molecule has 0 aliphatic carbocycles. The molecule has 6 heteroatoms. The molecule has 0 bridgehead atoms. The van der Waals surface area contributed by atoms with E-state index in [-0.39, 0.29) is 37.6 Å². The molecular weight excluding hydrogens is 942 g/mol. The van der Waals surface area contributed by atoms with Crippen LogP contribution in [-0.2, 0) is 31.9 Å². The van der Waals surface area contributed by atoms with Crippen LogP contribution in [-0.4, -0.2) is 19.6 Å². The van der Waals surface area contributed by atoms with Gasteiger partial charge in [0.15, 0.2) is 0 Å². The zero-order valence-corrected chi connectivity index (χ0v) is 37.9. The average molecular weight is 988 g/mol. The number of phenolic OH excluding ortho intramolecular Hbond substituents is 1. The van der Waals surface area contributed by atoms with Crippen LogP contribution in [0.4, 0.5) is 0 Å². The Kier molecular flexibility index (Phi) is 10.4. The van der Waals surface area contributed by atoms with Crippen LogP contribution in [0.1, 0.15) is 52.7 Å². The van der Waals surface area contributed by atoms with Crippen molar-refractivity contribution in [1.82, 2.24) is 14.5 Å². The van der Waals surface area contributed by atoms with E-state index < -0.39 is 0 Å². The Morgan fingerprint density at radius 2 is 1.24 bits per heavy atom. The minimum Gasteiger partial charge on any atom is -0.507 e. The summed E-state index contributed by atoms with van der Waals surface area (Å²) in [5.74, 6) is 0.724. The number of aromatic nitrogens is 3. The van der Waals surface area contributed by atoms with E-state index >= 15 is 0 Å². The Labute approximate surface area is 377 Å². The van der Waals surface area contributed by atoms with Gasteiger partial charge in [-0.2, -0.15) is 0 Å². The molecule has 308 valence electrons. The minimum atomic E-state index is -0.167. The number of para-hydroxylation sites is 3. The van der Waals surface area contributed by atoms with Crippen LogP contribution in [0.5, 0.6) is 5.75 Å².